The minimum absolute atomic E-state index is 0.379. The van der Waals surface area contributed by atoms with E-state index in [1.807, 2.05) is 24.3 Å². The Balaban J connectivity index is 2.05. The molecule has 148 valence electrons. The number of amidine groups is 2. The highest BCUT2D eigenvalue weighted by Gasteiger charge is 2.09. The van der Waals surface area contributed by atoms with Gasteiger partial charge in [-0.25, -0.2) is 0 Å². The Morgan fingerprint density at radius 1 is 0.931 bits per heavy atom. The summed E-state index contributed by atoms with van der Waals surface area (Å²) in [6.45, 7) is 6.73. The second-order valence-corrected chi connectivity index (χ2v) is 7.50. The second kappa shape index (κ2) is 12.2. The Morgan fingerprint density at radius 3 is 1.97 bits per heavy atom. The van der Waals surface area contributed by atoms with Gasteiger partial charge in [-0.3, -0.25) is 0 Å². The van der Waals surface area contributed by atoms with E-state index in [2.05, 4.69) is 39.3 Å². The quantitative estimate of drug-likeness (QED) is 0.200. The topological polar surface area (TPSA) is 105 Å². The first kappa shape index (κ1) is 22.0. The fourth-order valence-electron chi connectivity index (χ4n) is 2.89. The summed E-state index contributed by atoms with van der Waals surface area (Å²) in [5.41, 5.74) is 13.9. The number of hydrogen-bond acceptors (Lipinski definition) is 4. The van der Waals surface area contributed by atoms with Gasteiger partial charge < -0.3 is 11.5 Å². The van der Waals surface area contributed by atoms with Crippen LogP contribution in [0, 0.1) is 18.0 Å². The summed E-state index contributed by atoms with van der Waals surface area (Å²) >= 11 is 1.76. The Kier molecular flexibility index (Phi) is 9.28. The molecule has 2 rings (SSSR count). The molecule has 0 saturated heterocycles. The molecule has 0 aliphatic heterocycles. The van der Waals surface area contributed by atoms with E-state index in [1.54, 1.807) is 18.0 Å². The van der Waals surface area contributed by atoms with Crippen LogP contribution in [-0.4, -0.2) is 11.7 Å². The van der Waals surface area contributed by atoms with Crippen LogP contribution in [-0.2, 0) is 12.8 Å². The number of aliphatic imine (C=N–C) groups is 1. The van der Waals surface area contributed by atoms with Gasteiger partial charge in [0.1, 0.15) is 10.9 Å². The van der Waals surface area contributed by atoms with Gasteiger partial charge in [-0.05, 0) is 48.9 Å². The molecule has 0 aromatic heterocycles. The van der Waals surface area contributed by atoms with Crippen LogP contribution >= 0.6 is 11.8 Å². The van der Waals surface area contributed by atoms with E-state index in [4.69, 9.17) is 23.3 Å². The third kappa shape index (κ3) is 7.69. The van der Waals surface area contributed by atoms with Crippen molar-refractivity contribution in [3.05, 3.63) is 71.2 Å². The molecule has 0 aliphatic carbocycles. The van der Waals surface area contributed by atoms with Crippen LogP contribution in [0.25, 0.3) is 4.95 Å². The van der Waals surface area contributed by atoms with Crippen LogP contribution in [0.1, 0.15) is 36.8 Å². The van der Waals surface area contributed by atoms with Crippen molar-refractivity contribution in [3.63, 3.8) is 0 Å². The third-order valence-electron chi connectivity index (χ3n) is 4.30. The zero-order valence-corrected chi connectivity index (χ0v) is 17.0. The number of hydrogen-bond donors (Lipinski definition) is 2. The van der Waals surface area contributed by atoms with E-state index in [-0.39, 0.29) is 0 Å². The van der Waals surface area contributed by atoms with Gasteiger partial charge in [0.05, 0.1) is 0 Å². The van der Waals surface area contributed by atoms with Crippen LogP contribution < -0.4 is 11.5 Å². The molecule has 0 heterocycles. The van der Waals surface area contributed by atoms with Crippen molar-refractivity contribution in [2.75, 3.05) is 0 Å². The predicted octanol–water partition coefficient (Wildman–Crippen LogP) is 4.51. The highest BCUT2D eigenvalue weighted by atomic mass is 32.2. The molecule has 0 aliphatic rings. The monoisotopic (exact) mass is 404 g/mol. The van der Waals surface area contributed by atoms with Gasteiger partial charge in [-0.2, -0.15) is 16.8 Å². The van der Waals surface area contributed by atoms with E-state index in [0.29, 0.717) is 24.5 Å². The molecule has 0 unspecified atom stereocenters. The summed E-state index contributed by atoms with van der Waals surface area (Å²) in [4.78, 5) is 8.97. The predicted molar refractivity (Wildman–Crippen MR) is 118 cm³/mol. The number of benzene rings is 2. The molecule has 0 atom stereocenters. The molecular weight excluding hydrogens is 380 g/mol. The SMILES string of the molecule is [C-]#[N+]N=C(N)CCCc1ccccc1Sc1ccccc1CCCC(N)=NC#N. The molecule has 6 nitrogen and oxygen atoms in total. The molecular formula is C22H24N6S. The fraction of sp³-hybridized carbons (Fsp3) is 0.273. The number of nitrogens with two attached hydrogens (primary N) is 2. The third-order valence-corrected chi connectivity index (χ3v) is 5.53. The highest BCUT2D eigenvalue weighted by Crippen LogP contribution is 2.34. The van der Waals surface area contributed by atoms with Gasteiger partial charge in [0.15, 0.2) is 5.84 Å². The first-order chi connectivity index (χ1) is 14.1. The molecule has 7 heteroatoms. The minimum Gasteiger partial charge on any atom is -0.386 e. The summed E-state index contributed by atoms with van der Waals surface area (Å²) in [7, 11) is 0. The fourth-order valence-corrected chi connectivity index (χ4v) is 4.03. The zero-order chi connectivity index (χ0) is 20.9. The maximum atomic E-state index is 8.56. The van der Waals surface area contributed by atoms with Crippen LogP contribution in [0.3, 0.4) is 0 Å². The van der Waals surface area contributed by atoms with E-state index in [0.717, 1.165) is 25.7 Å². The molecule has 0 fully saturated rings. The molecule has 29 heavy (non-hydrogen) atoms. The average molecular weight is 405 g/mol. The Bertz CT molecular complexity index is 875. The summed E-state index contributed by atoms with van der Waals surface area (Å²) in [6.07, 6.45) is 6.39. The van der Waals surface area contributed by atoms with Crippen molar-refractivity contribution in [1.82, 2.24) is 0 Å². The first-order valence-corrected chi connectivity index (χ1v) is 10.2. The summed E-state index contributed by atoms with van der Waals surface area (Å²) in [6, 6.07) is 16.7. The summed E-state index contributed by atoms with van der Waals surface area (Å²) < 4.78 is 0. The normalized spacial score (nSPS) is 11.7. The molecule has 2 aromatic rings. The molecule has 4 N–H and O–H groups in total. The van der Waals surface area contributed by atoms with E-state index < -0.39 is 0 Å². The lowest BCUT2D eigenvalue weighted by atomic mass is 10.1. The Hall–Kier alpha value is -3.29. The molecule has 0 saturated carbocycles. The van der Waals surface area contributed by atoms with E-state index in [1.165, 1.54) is 20.9 Å². The largest absolute Gasteiger partial charge is 0.386 e. The number of nitrogens with zero attached hydrogens (tertiary/aromatic N) is 4. The van der Waals surface area contributed by atoms with Gasteiger partial charge in [-0.15, -0.1) is 4.95 Å². The van der Waals surface area contributed by atoms with Gasteiger partial charge >= 0.3 is 0 Å². The Morgan fingerprint density at radius 2 is 1.45 bits per heavy atom. The van der Waals surface area contributed by atoms with Crippen LogP contribution in [0.4, 0.5) is 0 Å². The lowest BCUT2D eigenvalue weighted by molar-refractivity contribution is 0.841. The lowest BCUT2D eigenvalue weighted by Gasteiger charge is -2.12. The van der Waals surface area contributed by atoms with Gasteiger partial charge in [0.25, 0.3) is 0 Å². The second-order valence-electron chi connectivity index (χ2n) is 6.42. The minimum atomic E-state index is 0.379. The number of nitriles is 1. The van der Waals surface area contributed by atoms with Crippen LogP contribution in [0.5, 0.6) is 0 Å². The molecule has 2 aromatic carbocycles. The van der Waals surface area contributed by atoms with Gasteiger partial charge in [0.2, 0.25) is 6.19 Å². The van der Waals surface area contributed by atoms with E-state index in [9.17, 15) is 0 Å². The zero-order valence-electron chi connectivity index (χ0n) is 16.2. The molecule has 0 radical (unpaired) electrons. The molecule has 0 spiro atoms. The molecule has 0 bridgehead atoms. The van der Waals surface area contributed by atoms with Crippen molar-refractivity contribution in [2.24, 2.45) is 21.6 Å². The number of rotatable bonds is 10. The maximum Gasteiger partial charge on any atom is 0.207 e. The van der Waals surface area contributed by atoms with Crippen molar-refractivity contribution < 1.29 is 0 Å². The average Bonchev–Trinajstić information content (AvgIpc) is 2.71. The lowest BCUT2D eigenvalue weighted by Crippen LogP contribution is -2.11. The summed E-state index contributed by atoms with van der Waals surface area (Å²) in [5, 5.41) is 12.1. The Labute approximate surface area is 176 Å². The number of aryl methyl sites for hydroxylation is 2. The van der Waals surface area contributed by atoms with Crippen molar-refractivity contribution in [2.45, 2.75) is 48.3 Å². The molecule has 0 amide bonds. The van der Waals surface area contributed by atoms with Gasteiger partial charge in [-0.1, -0.05) is 48.2 Å². The summed E-state index contributed by atoms with van der Waals surface area (Å²) in [5.74, 6) is 0.763. The maximum absolute atomic E-state index is 8.56. The standard InChI is InChI=1S/C22H24N6S/c1-26-28-22(25)15-7-11-18-9-3-5-13-20(18)29-19-12-4-2-8-17(19)10-6-14-21(24)27-16-23/h2-5,8-9,12-13H,6-7,10-11,14-15H2,(H2,24,27)(H2,25,28). The van der Waals surface area contributed by atoms with Crippen molar-refractivity contribution in [3.8, 4) is 6.19 Å². The van der Waals surface area contributed by atoms with E-state index >= 15 is 0 Å². The highest BCUT2D eigenvalue weighted by molar-refractivity contribution is 7.99. The van der Waals surface area contributed by atoms with Crippen molar-refractivity contribution in [1.29, 1.82) is 5.26 Å². The first-order valence-electron chi connectivity index (χ1n) is 9.37. The van der Waals surface area contributed by atoms with Crippen LogP contribution in [0.15, 0.2) is 68.4 Å². The smallest absolute Gasteiger partial charge is 0.207 e. The van der Waals surface area contributed by atoms with Gasteiger partial charge in [0, 0.05) is 22.6 Å². The van der Waals surface area contributed by atoms with Crippen molar-refractivity contribution >= 4 is 23.4 Å². The van der Waals surface area contributed by atoms with Crippen LogP contribution in [0.2, 0.25) is 0 Å².